The van der Waals surface area contributed by atoms with E-state index in [1.165, 1.54) is 15.6 Å². The molecule has 2 aliphatic rings. The third-order valence-electron chi connectivity index (χ3n) is 4.56. The van der Waals surface area contributed by atoms with E-state index in [0.29, 0.717) is 36.4 Å². The van der Waals surface area contributed by atoms with Gasteiger partial charge in [-0.1, -0.05) is 6.07 Å². The standard InChI is InChI=1S/C16H21NO5S2/c18-13-6-1-2-7-14(13)22-16(19)12-5-3-9-17(11-12)24(20,21)15-8-4-10-23-15/h4,8,10,12,14H,1-3,5-7,9,11H2/t12-,14-/m1/s1. The SMILES string of the molecule is O=C(O[C@@H]1CCCCC1=O)[C@@H]1CCCN(S(=O)(=O)c2cccs2)C1. The quantitative estimate of drug-likeness (QED) is 0.758. The van der Waals surface area contributed by atoms with Gasteiger partial charge in [-0.05, 0) is 43.6 Å². The molecule has 6 nitrogen and oxygen atoms in total. The summed E-state index contributed by atoms with van der Waals surface area (Å²) in [6.45, 7) is 0.534. The number of sulfonamides is 1. The molecule has 0 bridgehead atoms. The van der Waals surface area contributed by atoms with Crippen molar-refractivity contribution in [3.05, 3.63) is 17.5 Å². The fraction of sp³-hybridized carbons (Fsp3) is 0.625. The summed E-state index contributed by atoms with van der Waals surface area (Å²) in [6.07, 6.45) is 3.33. The Hall–Kier alpha value is -1.25. The van der Waals surface area contributed by atoms with Crippen molar-refractivity contribution in [3.8, 4) is 0 Å². The number of hydrogen-bond donors (Lipinski definition) is 0. The maximum Gasteiger partial charge on any atom is 0.310 e. The predicted octanol–water partition coefficient (Wildman–Crippen LogP) is 2.20. The van der Waals surface area contributed by atoms with E-state index in [1.807, 2.05) is 0 Å². The molecular formula is C16H21NO5S2. The normalized spacial score (nSPS) is 26.2. The van der Waals surface area contributed by atoms with Gasteiger partial charge in [-0.25, -0.2) is 8.42 Å². The summed E-state index contributed by atoms with van der Waals surface area (Å²) in [5, 5.41) is 1.72. The lowest BCUT2D eigenvalue weighted by Crippen LogP contribution is -2.43. The van der Waals surface area contributed by atoms with E-state index >= 15 is 0 Å². The Bertz CT molecular complexity index is 698. The van der Waals surface area contributed by atoms with Crippen LogP contribution in [0.5, 0.6) is 0 Å². The number of carbonyl (C=O) groups excluding carboxylic acids is 2. The molecular weight excluding hydrogens is 350 g/mol. The molecule has 1 aromatic heterocycles. The Balaban J connectivity index is 1.65. The molecule has 0 radical (unpaired) electrons. The highest BCUT2D eigenvalue weighted by molar-refractivity contribution is 7.91. The average Bonchev–Trinajstić information content (AvgIpc) is 3.12. The Morgan fingerprint density at radius 3 is 2.79 bits per heavy atom. The molecule has 132 valence electrons. The summed E-state index contributed by atoms with van der Waals surface area (Å²) >= 11 is 1.17. The molecule has 0 spiro atoms. The maximum atomic E-state index is 12.6. The third-order valence-corrected chi connectivity index (χ3v) is 7.80. The fourth-order valence-electron chi connectivity index (χ4n) is 3.20. The summed E-state index contributed by atoms with van der Waals surface area (Å²) < 4.78 is 32.2. The van der Waals surface area contributed by atoms with Crippen molar-refractivity contribution in [1.82, 2.24) is 4.31 Å². The van der Waals surface area contributed by atoms with Crippen LogP contribution in [0.2, 0.25) is 0 Å². The molecule has 24 heavy (non-hydrogen) atoms. The van der Waals surface area contributed by atoms with Crippen molar-refractivity contribution < 1.29 is 22.7 Å². The average molecular weight is 371 g/mol. The zero-order chi connectivity index (χ0) is 17.2. The summed E-state index contributed by atoms with van der Waals surface area (Å²) in [5.74, 6) is -0.960. The van der Waals surface area contributed by atoms with Crippen LogP contribution in [0.25, 0.3) is 0 Å². The molecule has 1 aliphatic carbocycles. The van der Waals surface area contributed by atoms with E-state index < -0.39 is 28.0 Å². The second kappa shape index (κ2) is 7.33. The first kappa shape index (κ1) is 17.6. The van der Waals surface area contributed by atoms with Crippen LogP contribution in [0.1, 0.15) is 38.5 Å². The zero-order valence-electron chi connectivity index (χ0n) is 13.3. The van der Waals surface area contributed by atoms with Gasteiger partial charge in [0.2, 0.25) is 0 Å². The lowest BCUT2D eigenvalue weighted by atomic mass is 9.95. The van der Waals surface area contributed by atoms with E-state index in [0.717, 1.165) is 12.8 Å². The van der Waals surface area contributed by atoms with Gasteiger partial charge >= 0.3 is 5.97 Å². The van der Waals surface area contributed by atoms with Gasteiger partial charge in [-0.2, -0.15) is 4.31 Å². The number of thiophene rings is 1. The molecule has 2 atom stereocenters. The van der Waals surface area contributed by atoms with E-state index in [2.05, 4.69) is 0 Å². The molecule has 0 unspecified atom stereocenters. The lowest BCUT2D eigenvalue weighted by molar-refractivity contribution is -0.161. The fourth-order valence-corrected chi connectivity index (χ4v) is 5.87. The van der Waals surface area contributed by atoms with Crippen LogP contribution in [-0.4, -0.2) is 43.7 Å². The first-order valence-electron chi connectivity index (χ1n) is 8.25. The van der Waals surface area contributed by atoms with Crippen molar-refractivity contribution in [2.24, 2.45) is 5.92 Å². The number of nitrogens with zero attached hydrogens (tertiary/aromatic N) is 1. The zero-order valence-corrected chi connectivity index (χ0v) is 15.0. The highest BCUT2D eigenvalue weighted by Gasteiger charge is 2.36. The first-order valence-corrected chi connectivity index (χ1v) is 10.6. The Labute approximate surface area is 145 Å². The minimum atomic E-state index is -3.55. The molecule has 1 aliphatic heterocycles. The molecule has 0 aromatic carbocycles. The van der Waals surface area contributed by atoms with Crippen molar-refractivity contribution in [3.63, 3.8) is 0 Å². The number of ketones is 1. The van der Waals surface area contributed by atoms with Gasteiger partial charge in [0.1, 0.15) is 4.21 Å². The van der Waals surface area contributed by atoms with Crippen molar-refractivity contribution in [2.75, 3.05) is 13.1 Å². The summed E-state index contributed by atoms with van der Waals surface area (Å²) in [4.78, 5) is 24.2. The summed E-state index contributed by atoms with van der Waals surface area (Å²) in [6, 6.07) is 3.27. The molecule has 2 heterocycles. The molecule has 0 amide bonds. The molecule has 0 N–H and O–H groups in total. The van der Waals surface area contributed by atoms with Gasteiger partial charge in [0.15, 0.2) is 11.9 Å². The Morgan fingerprint density at radius 1 is 1.25 bits per heavy atom. The van der Waals surface area contributed by atoms with Gasteiger partial charge in [0.25, 0.3) is 10.0 Å². The molecule has 1 aromatic rings. The van der Waals surface area contributed by atoms with Crippen LogP contribution in [-0.2, 0) is 24.3 Å². The first-order chi connectivity index (χ1) is 11.5. The second-order valence-corrected chi connectivity index (χ2v) is 9.38. The third kappa shape index (κ3) is 3.70. The van der Waals surface area contributed by atoms with E-state index in [-0.39, 0.29) is 12.3 Å². The number of Topliss-reactive ketones (excluding diaryl/α,β-unsaturated/α-hetero) is 1. The smallest absolute Gasteiger partial charge is 0.310 e. The molecule has 2 fully saturated rings. The van der Waals surface area contributed by atoms with Crippen LogP contribution in [0.4, 0.5) is 0 Å². The number of esters is 1. The van der Waals surface area contributed by atoms with E-state index in [1.54, 1.807) is 17.5 Å². The molecule has 1 saturated heterocycles. The van der Waals surface area contributed by atoms with Crippen LogP contribution >= 0.6 is 11.3 Å². The highest BCUT2D eigenvalue weighted by Crippen LogP contribution is 2.28. The predicted molar refractivity (Wildman–Crippen MR) is 89.2 cm³/mol. The van der Waals surface area contributed by atoms with Gasteiger partial charge in [0, 0.05) is 19.5 Å². The van der Waals surface area contributed by atoms with Crippen LogP contribution in [0.3, 0.4) is 0 Å². The van der Waals surface area contributed by atoms with E-state index in [9.17, 15) is 18.0 Å². The number of carbonyl (C=O) groups is 2. The van der Waals surface area contributed by atoms with Crippen LogP contribution in [0, 0.1) is 5.92 Å². The Kier molecular flexibility index (Phi) is 5.36. The topological polar surface area (TPSA) is 80.8 Å². The molecule has 1 saturated carbocycles. The molecule has 8 heteroatoms. The van der Waals surface area contributed by atoms with Crippen molar-refractivity contribution in [2.45, 2.75) is 48.8 Å². The monoisotopic (exact) mass is 371 g/mol. The minimum Gasteiger partial charge on any atom is -0.454 e. The largest absolute Gasteiger partial charge is 0.454 e. The van der Waals surface area contributed by atoms with Gasteiger partial charge in [-0.3, -0.25) is 9.59 Å². The number of piperidine rings is 1. The number of ether oxygens (including phenoxy) is 1. The number of rotatable bonds is 4. The maximum absolute atomic E-state index is 12.6. The van der Waals surface area contributed by atoms with Gasteiger partial charge in [0.05, 0.1) is 5.92 Å². The summed E-state index contributed by atoms with van der Waals surface area (Å²) in [5.41, 5.74) is 0. The van der Waals surface area contributed by atoms with Crippen molar-refractivity contribution >= 4 is 33.1 Å². The van der Waals surface area contributed by atoms with Crippen LogP contribution < -0.4 is 0 Å². The lowest BCUT2D eigenvalue weighted by Gasteiger charge is -2.31. The van der Waals surface area contributed by atoms with Gasteiger partial charge < -0.3 is 4.74 Å². The minimum absolute atomic E-state index is 0.0199. The molecule has 3 rings (SSSR count). The Morgan fingerprint density at radius 2 is 2.08 bits per heavy atom. The summed E-state index contributed by atoms with van der Waals surface area (Å²) in [7, 11) is -3.55. The highest BCUT2D eigenvalue weighted by atomic mass is 32.2. The van der Waals surface area contributed by atoms with Gasteiger partial charge in [-0.15, -0.1) is 11.3 Å². The van der Waals surface area contributed by atoms with E-state index in [4.69, 9.17) is 4.74 Å². The number of hydrogen-bond acceptors (Lipinski definition) is 6. The second-order valence-electron chi connectivity index (χ2n) is 6.27. The van der Waals surface area contributed by atoms with Crippen LogP contribution in [0.15, 0.2) is 21.7 Å². The van der Waals surface area contributed by atoms with Crippen molar-refractivity contribution in [1.29, 1.82) is 0 Å².